The molecule has 0 unspecified atom stereocenters. The van der Waals surface area contributed by atoms with Crippen molar-refractivity contribution in [2.45, 2.75) is 44.3 Å². The number of aryl methyl sites for hydroxylation is 1. The van der Waals surface area contributed by atoms with Gasteiger partial charge in [0.15, 0.2) is 0 Å². The molecule has 8 nitrogen and oxygen atoms in total. The van der Waals surface area contributed by atoms with Gasteiger partial charge in [0.1, 0.15) is 11.6 Å². The van der Waals surface area contributed by atoms with E-state index in [0.29, 0.717) is 36.9 Å². The van der Waals surface area contributed by atoms with Crippen LogP contribution in [0, 0.1) is 6.92 Å². The molecule has 158 valence electrons. The van der Waals surface area contributed by atoms with E-state index in [2.05, 4.69) is 10.3 Å². The smallest absolute Gasteiger partial charge is 0.243 e. The van der Waals surface area contributed by atoms with Gasteiger partial charge in [0.05, 0.1) is 35.9 Å². The lowest BCUT2D eigenvalue weighted by Gasteiger charge is -2.32. The van der Waals surface area contributed by atoms with Crippen LogP contribution >= 0.6 is 0 Å². The van der Waals surface area contributed by atoms with E-state index in [1.807, 2.05) is 24.6 Å². The van der Waals surface area contributed by atoms with Crippen LogP contribution in [0.5, 0.6) is 0 Å². The summed E-state index contributed by atoms with van der Waals surface area (Å²) in [4.78, 5) is 17.1. The number of amides is 1. The molecule has 0 fully saturated rings. The van der Waals surface area contributed by atoms with Crippen LogP contribution in [0.25, 0.3) is 0 Å². The van der Waals surface area contributed by atoms with E-state index in [0.717, 1.165) is 5.56 Å². The van der Waals surface area contributed by atoms with Crippen LogP contribution in [0.3, 0.4) is 0 Å². The zero-order valence-electron chi connectivity index (χ0n) is 16.9. The van der Waals surface area contributed by atoms with Gasteiger partial charge in [-0.2, -0.15) is 4.31 Å². The minimum atomic E-state index is -3.63. The topological polar surface area (TPSA) is 97.4 Å². The molecule has 3 heterocycles. The predicted octanol–water partition coefficient (Wildman–Crippen LogP) is 2.41. The average Bonchev–Trinajstić information content (AvgIpc) is 3.36. The van der Waals surface area contributed by atoms with Gasteiger partial charge in [-0.15, -0.1) is 0 Å². The zero-order chi connectivity index (χ0) is 21.3. The Balaban J connectivity index is 1.47. The molecule has 0 saturated carbocycles. The highest BCUT2D eigenvalue weighted by atomic mass is 32.2. The van der Waals surface area contributed by atoms with Crippen molar-refractivity contribution in [3.8, 4) is 0 Å². The number of hydrogen-bond donors (Lipinski definition) is 1. The van der Waals surface area contributed by atoms with Gasteiger partial charge in [0.2, 0.25) is 15.9 Å². The number of nitrogens with one attached hydrogen (secondary N) is 1. The van der Waals surface area contributed by atoms with Crippen LogP contribution in [0.1, 0.15) is 35.8 Å². The molecule has 1 atom stereocenters. The Morgan fingerprint density at radius 1 is 1.23 bits per heavy atom. The highest BCUT2D eigenvalue weighted by Gasteiger charge is 2.35. The van der Waals surface area contributed by atoms with E-state index in [4.69, 9.17) is 4.42 Å². The molecule has 0 bridgehead atoms. The van der Waals surface area contributed by atoms with Crippen LogP contribution in [-0.4, -0.2) is 34.7 Å². The Morgan fingerprint density at radius 2 is 2.00 bits per heavy atom. The molecule has 1 aromatic carbocycles. The van der Waals surface area contributed by atoms with Crippen molar-refractivity contribution in [3.63, 3.8) is 0 Å². The normalized spacial score (nSPS) is 16.9. The second kappa shape index (κ2) is 8.08. The first-order chi connectivity index (χ1) is 14.3. The molecule has 1 amide bonds. The summed E-state index contributed by atoms with van der Waals surface area (Å²) in [5.74, 6) is 1.16. The Morgan fingerprint density at radius 3 is 2.70 bits per heavy atom. The third kappa shape index (κ3) is 4.03. The molecule has 1 aliphatic rings. The van der Waals surface area contributed by atoms with Crippen molar-refractivity contribution in [2.75, 3.05) is 6.54 Å². The molecule has 2 aromatic heterocycles. The molecule has 4 rings (SSSR count). The van der Waals surface area contributed by atoms with Crippen molar-refractivity contribution >= 4 is 15.9 Å². The summed E-state index contributed by atoms with van der Waals surface area (Å²) < 4.78 is 34.8. The lowest BCUT2D eigenvalue weighted by molar-refractivity contribution is -0.120. The van der Waals surface area contributed by atoms with Crippen molar-refractivity contribution in [3.05, 3.63) is 71.7 Å². The first kappa shape index (κ1) is 20.4. The van der Waals surface area contributed by atoms with E-state index >= 15 is 0 Å². The molecule has 1 aliphatic heterocycles. The molecule has 0 spiro atoms. The van der Waals surface area contributed by atoms with E-state index in [1.54, 1.807) is 42.7 Å². The van der Waals surface area contributed by atoms with Gasteiger partial charge in [0.25, 0.3) is 0 Å². The Labute approximate surface area is 175 Å². The monoisotopic (exact) mass is 428 g/mol. The van der Waals surface area contributed by atoms with Gasteiger partial charge in [-0.25, -0.2) is 13.4 Å². The predicted molar refractivity (Wildman–Crippen MR) is 110 cm³/mol. The molecule has 30 heavy (non-hydrogen) atoms. The Hall–Kier alpha value is -2.91. The summed E-state index contributed by atoms with van der Waals surface area (Å²) in [5.41, 5.74) is 1.62. The third-order valence-corrected chi connectivity index (χ3v) is 7.22. The number of benzene rings is 1. The van der Waals surface area contributed by atoms with Crippen molar-refractivity contribution in [2.24, 2.45) is 0 Å². The minimum Gasteiger partial charge on any atom is -0.467 e. The van der Waals surface area contributed by atoms with E-state index in [-0.39, 0.29) is 17.2 Å². The highest BCUT2D eigenvalue weighted by Crippen LogP contribution is 2.30. The molecule has 3 aromatic rings. The number of fused-ring (bicyclic) bond motifs is 1. The maximum Gasteiger partial charge on any atom is 0.243 e. The minimum absolute atomic E-state index is 0.123. The summed E-state index contributed by atoms with van der Waals surface area (Å²) in [6.45, 7) is 4.91. The summed E-state index contributed by atoms with van der Waals surface area (Å²) in [7, 11) is -3.63. The third-order valence-electron chi connectivity index (χ3n) is 5.23. The number of imidazole rings is 1. The van der Waals surface area contributed by atoms with E-state index in [9.17, 15) is 13.2 Å². The van der Waals surface area contributed by atoms with Gasteiger partial charge in [-0.05, 0) is 38.1 Å². The number of sulfonamides is 1. The average molecular weight is 429 g/mol. The van der Waals surface area contributed by atoms with Crippen molar-refractivity contribution in [1.29, 1.82) is 0 Å². The summed E-state index contributed by atoms with van der Waals surface area (Å²) >= 11 is 0. The highest BCUT2D eigenvalue weighted by molar-refractivity contribution is 7.89. The lowest BCUT2D eigenvalue weighted by Crippen LogP contribution is -2.41. The fourth-order valence-electron chi connectivity index (χ4n) is 3.61. The number of carbonyl (C=O) groups excluding carboxylic acids is 1. The maximum absolute atomic E-state index is 13.1. The summed E-state index contributed by atoms with van der Waals surface area (Å²) in [5, 5.41) is 2.80. The quantitative estimate of drug-likeness (QED) is 0.650. The van der Waals surface area contributed by atoms with Gasteiger partial charge in [-0.3, -0.25) is 4.79 Å². The number of nitrogens with zero attached hydrogens (tertiary/aromatic N) is 3. The van der Waals surface area contributed by atoms with Crippen LogP contribution in [0.2, 0.25) is 0 Å². The fourth-order valence-corrected chi connectivity index (χ4v) is 5.20. The number of rotatable bonds is 6. The molecule has 9 heteroatoms. The fraction of sp³-hybridized carbons (Fsp3) is 0.333. The lowest BCUT2D eigenvalue weighted by atomic mass is 10.2. The van der Waals surface area contributed by atoms with Crippen molar-refractivity contribution in [1.82, 2.24) is 19.2 Å². The largest absolute Gasteiger partial charge is 0.467 e. The van der Waals surface area contributed by atoms with Crippen molar-refractivity contribution < 1.29 is 17.6 Å². The zero-order valence-corrected chi connectivity index (χ0v) is 17.7. The van der Waals surface area contributed by atoms with Crippen LogP contribution < -0.4 is 5.32 Å². The van der Waals surface area contributed by atoms with E-state index in [1.165, 1.54) is 4.31 Å². The Bertz CT molecular complexity index is 1130. The van der Waals surface area contributed by atoms with Gasteiger partial charge < -0.3 is 14.3 Å². The van der Waals surface area contributed by atoms with Crippen LogP contribution in [0.4, 0.5) is 0 Å². The van der Waals surface area contributed by atoms with Crippen LogP contribution in [0.15, 0.2) is 58.2 Å². The number of hydrogen-bond acceptors (Lipinski definition) is 5. The molecular weight excluding hydrogens is 404 g/mol. The Kier molecular flexibility index (Phi) is 5.48. The second-order valence-corrected chi connectivity index (χ2v) is 9.31. The van der Waals surface area contributed by atoms with Gasteiger partial charge >= 0.3 is 0 Å². The summed E-state index contributed by atoms with van der Waals surface area (Å²) in [6, 6.07) is 9.98. The standard InChI is InChI=1S/C21H24N4O4S/c1-15-5-7-19(8-6-15)30(27,28)25-10-9-24-14-17(23-21(24)16(25)2)12-20(26)22-13-18-4-3-11-29-18/h3-8,11,14,16H,9-10,12-13H2,1-2H3,(H,22,26)/t16-/m1/s1. The summed E-state index contributed by atoms with van der Waals surface area (Å²) in [6.07, 6.45) is 3.51. The number of carbonyl (C=O) groups is 1. The number of aromatic nitrogens is 2. The first-order valence-electron chi connectivity index (χ1n) is 9.78. The van der Waals surface area contributed by atoms with Gasteiger partial charge in [0, 0.05) is 19.3 Å². The second-order valence-electron chi connectivity index (χ2n) is 7.42. The maximum atomic E-state index is 13.1. The SMILES string of the molecule is Cc1ccc(S(=O)(=O)N2CCn3cc(CC(=O)NCc4ccco4)nc3[C@H]2C)cc1. The molecule has 0 aliphatic carbocycles. The molecule has 0 radical (unpaired) electrons. The molecular formula is C21H24N4O4S. The van der Waals surface area contributed by atoms with E-state index < -0.39 is 16.1 Å². The molecule has 0 saturated heterocycles. The number of furan rings is 1. The molecule has 1 N–H and O–H groups in total. The van der Waals surface area contributed by atoms with Gasteiger partial charge in [-0.1, -0.05) is 17.7 Å². The van der Waals surface area contributed by atoms with Crippen LogP contribution in [-0.2, 0) is 34.3 Å². The first-order valence-corrected chi connectivity index (χ1v) is 11.2.